The fourth-order valence-corrected chi connectivity index (χ4v) is 3.55. The molecule has 0 fully saturated rings. The SMILES string of the molecule is COCCOc1ccc2c(ccc3c(CP(=O)(O)O)cccc32)c1. The first-order chi connectivity index (χ1) is 11.5. The standard InChI is InChI=1S/C18H19O5P/c1-22-9-10-23-15-6-8-16-13(11-15)5-7-17-14(12-24(19,20)21)3-2-4-18(16)17/h2-8,11H,9-10,12H2,1H3,(H2,19,20,21). The number of hydrogen-bond acceptors (Lipinski definition) is 3. The van der Waals surface area contributed by atoms with Crippen LogP contribution in [0.25, 0.3) is 21.5 Å². The maximum absolute atomic E-state index is 11.3. The molecule has 6 heteroatoms. The van der Waals surface area contributed by atoms with Gasteiger partial charge in [0.15, 0.2) is 0 Å². The van der Waals surface area contributed by atoms with E-state index in [1.165, 1.54) is 0 Å². The second-order valence-electron chi connectivity index (χ2n) is 5.62. The van der Waals surface area contributed by atoms with Gasteiger partial charge >= 0.3 is 7.60 Å². The smallest absolute Gasteiger partial charge is 0.329 e. The molecule has 3 aromatic carbocycles. The lowest BCUT2D eigenvalue weighted by atomic mass is 9.99. The summed E-state index contributed by atoms with van der Waals surface area (Å²) in [5, 5.41) is 3.88. The molecular weight excluding hydrogens is 327 g/mol. The first kappa shape index (κ1) is 16.9. The third-order valence-electron chi connectivity index (χ3n) is 3.87. The Labute approximate surface area is 140 Å². The fraction of sp³-hybridized carbons (Fsp3) is 0.222. The first-order valence-electron chi connectivity index (χ1n) is 7.58. The summed E-state index contributed by atoms with van der Waals surface area (Å²) in [5.74, 6) is 0.769. The van der Waals surface area contributed by atoms with Crippen LogP contribution in [0.1, 0.15) is 5.56 Å². The molecule has 126 valence electrons. The summed E-state index contributed by atoms with van der Waals surface area (Å²) in [6.45, 7) is 1.02. The minimum absolute atomic E-state index is 0.256. The Morgan fingerprint density at radius 2 is 1.75 bits per heavy atom. The van der Waals surface area contributed by atoms with Crippen molar-refractivity contribution >= 4 is 29.1 Å². The third kappa shape index (κ3) is 3.77. The summed E-state index contributed by atoms with van der Waals surface area (Å²) in [5.41, 5.74) is 0.656. The highest BCUT2D eigenvalue weighted by molar-refractivity contribution is 7.50. The average Bonchev–Trinajstić information content (AvgIpc) is 2.53. The quantitative estimate of drug-likeness (QED) is 0.404. The van der Waals surface area contributed by atoms with E-state index < -0.39 is 7.60 Å². The van der Waals surface area contributed by atoms with Crippen molar-refractivity contribution < 1.29 is 23.8 Å². The molecule has 0 aliphatic carbocycles. The van der Waals surface area contributed by atoms with E-state index in [1.807, 2.05) is 42.5 Å². The first-order valence-corrected chi connectivity index (χ1v) is 9.38. The second kappa shape index (κ2) is 6.91. The summed E-state index contributed by atoms with van der Waals surface area (Å²) >= 11 is 0. The normalized spacial score (nSPS) is 12.0. The Morgan fingerprint density at radius 1 is 0.958 bits per heavy atom. The van der Waals surface area contributed by atoms with Crippen molar-refractivity contribution in [1.82, 2.24) is 0 Å². The molecule has 0 aliphatic rings. The highest BCUT2D eigenvalue weighted by Crippen LogP contribution is 2.41. The van der Waals surface area contributed by atoms with Crippen molar-refractivity contribution in [3.63, 3.8) is 0 Å². The molecule has 0 amide bonds. The van der Waals surface area contributed by atoms with Gasteiger partial charge in [-0.3, -0.25) is 4.57 Å². The van der Waals surface area contributed by atoms with Crippen LogP contribution in [0.2, 0.25) is 0 Å². The van der Waals surface area contributed by atoms with E-state index in [0.717, 1.165) is 27.3 Å². The second-order valence-corrected chi connectivity index (χ2v) is 7.27. The lowest BCUT2D eigenvalue weighted by molar-refractivity contribution is 0.146. The van der Waals surface area contributed by atoms with Gasteiger partial charge in [0.25, 0.3) is 0 Å². The monoisotopic (exact) mass is 346 g/mol. The number of hydrogen-bond donors (Lipinski definition) is 2. The van der Waals surface area contributed by atoms with Crippen LogP contribution < -0.4 is 4.74 Å². The van der Waals surface area contributed by atoms with Crippen LogP contribution in [0.15, 0.2) is 48.5 Å². The molecular formula is C18H19O5P. The van der Waals surface area contributed by atoms with Gasteiger partial charge in [0.2, 0.25) is 0 Å². The van der Waals surface area contributed by atoms with Crippen LogP contribution in [0.4, 0.5) is 0 Å². The van der Waals surface area contributed by atoms with Crippen molar-refractivity contribution in [1.29, 1.82) is 0 Å². The Hall–Kier alpha value is -1.91. The summed E-state index contributed by atoms with van der Waals surface area (Å²) in [7, 11) is -2.48. The van der Waals surface area contributed by atoms with Gasteiger partial charge in [0, 0.05) is 7.11 Å². The number of fused-ring (bicyclic) bond motifs is 3. The highest BCUT2D eigenvalue weighted by Gasteiger charge is 2.16. The summed E-state index contributed by atoms with van der Waals surface area (Å²) in [6, 6.07) is 15.2. The van der Waals surface area contributed by atoms with E-state index in [0.29, 0.717) is 18.8 Å². The van der Waals surface area contributed by atoms with Crippen LogP contribution in [0.5, 0.6) is 5.75 Å². The molecule has 0 unspecified atom stereocenters. The molecule has 5 nitrogen and oxygen atoms in total. The maximum Gasteiger partial charge on any atom is 0.329 e. The zero-order valence-electron chi connectivity index (χ0n) is 13.3. The lowest BCUT2D eigenvalue weighted by Gasteiger charge is -2.11. The molecule has 3 rings (SSSR count). The van der Waals surface area contributed by atoms with Crippen molar-refractivity contribution in [3.05, 3.63) is 54.1 Å². The topological polar surface area (TPSA) is 76.0 Å². The molecule has 0 atom stereocenters. The van der Waals surface area contributed by atoms with Gasteiger partial charge in [-0.25, -0.2) is 0 Å². The zero-order chi connectivity index (χ0) is 17.2. The number of rotatable bonds is 6. The predicted molar refractivity (Wildman–Crippen MR) is 94.6 cm³/mol. The van der Waals surface area contributed by atoms with E-state index >= 15 is 0 Å². The predicted octanol–water partition coefficient (Wildman–Crippen LogP) is 3.70. The molecule has 0 aromatic heterocycles. The molecule has 2 N–H and O–H groups in total. The van der Waals surface area contributed by atoms with Crippen LogP contribution in [0.3, 0.4) is 0 Å². The van der Waals surface area contributed by atoms with Crippen molar-refractivity contribution in [2.24, 2.45) is 0 Å². The molecule has 0 heterocycles. The van der Waals surface area contributed by atoms with Crippen molar-refractivity contribution in [3.8, 4) is 5.75 Å². The fourth-order valence-electron chi connectivity index (χ4n) is 2.83. The van der Waals surface area contributed by atoms with E-state index in [-0.39, 0.29) is 6.16 Å². The van der Waals surface area contributed by atoms with Crippen LogP contribution in [-0.4, -0.2) is 30.1 Å². The maximum atomic E-state index is 11.3. The zero-order valence-corrected chi connectivity index (χ0v) is 14.2. The Morgan fingerprint density at radius 3 is 2.50 bits per heavy atom. The molecule has 0 bridgehead atoms. The Kier molecular flexibility index (Phi) is 4.88. The molecule has 0 radical (unpaired) electrons. The number of ether oxygens (including phenoxy) is 2. The van der Waals surface area contributed by atoms with Gasteiger partial charge in [-0.15, -0.1) is 0 Å². The van der Waals surface area contributed by atoms with Gasteiger partial charge < -0.3 is 19.3 Å². The lowest BCUT2D eigenvalue weighted by Crippen LogP contribution is -2.03. The van der Waals surface area contributed by atoms with Gasteiger partial charge in [0.05, 0.1) is 12.8 Å². The van der Waals surface area contributed by atoms with Crippen molar-refractivity contribution in [2.45, 2.75) is 6.16 Å². The van der Waals surface area contributed by atoms with Crippen molar-refractivity contribution in [2.75, 3.05) is 20.3 Å². The van der Waals surface area contributed by atoms with Gasteiger partial charge in [-0.05, 0) is 39.2 Å². The van der Waals surface area contributed by atoms with E-state index in [9.17, 15) is 14.4 Å². The number of methoxy groups -OCH3 is 1. The van der Waals surface area contributed by atoms with E-state index in [2.05, 4.69) is 0 Å². The summed E-state index contributed by atoms with van der Waals surface area (Å²) in [4.78, 5) is 18.5. The molecule has 0 saturated carbocycles. The highest BCUT2D eigenvalue weighted by atomic mass is 31.2. The largest absolute Gasteiger partial charge is 0.491 e. The summed E-state index contributed by atoms with van der Waals surface area (Å²) in [6.07, 6.45) is -0.256. The minimum atomic E-state index is -4.11. The third-order valence-corrected chi connectivity index (χ3v) is 4.62. The average molecular weight is 346 g/mol. The van der Waals surface area contributed by atoms with Crippen LogP contribution >= 0.6 is 7.60 Å². The van der Waals surface area contributed by atoms with Crippen LogP contribution in [-0.2, 0) is 15.5 Å². The summed E-state index contributed by atoms with van der Waals surface area (Å²) < 4.78 is 21.9. The van der Waals surface area contributed by atoms with Gasteiger partial charge in [-0.2, -0.15) is 0 Å². The van der Waals surface area contributed by atoms with E-state index in [4.69, 9.17) is 9.47 Å². The molecule has 24 heavy (non-hydrogen) atoms. The van der Waals surface area contributed by atoms with E-state index in [1.54, 1.807) is 13.2 Å². The number of benzene rings is 3. The van der Waals surface area contributed by atoms with Gasteiger partial charge in [0.1, 0.15) is 12.4 Å². The van der Waals surface area contributed by atoms with Gasteiger partial charge in [-0.1, -0.05) is 36.4 Å². The van der Waals surface area contributed by atoms with Crippen LogP contribution in [0, 0.1) is 0 Å². The Balaban J connectivity index is 2.04. The minimum Gasteiger partial charge on any atom is -0.491 e. The molecule has 0 spiro atoms. The molecule has 0 aliphatic heterocycles. The molecule has 3 aromatic rings. The Bertz CT molecular complexity index is 916. The molecule has 0 saturated heterocycles.